The number of aliphatic imine (C=N–C) groups is 1. The van der Waals surface area contributed by atoms with Crippen molar-refractivity contribution in [2.24, 2.45) is 4.99 Å². The van der Waals surface area contributed by atoms with Crippen LogP contribution in [-0.4, -0.2) is 18.0 Å². The Morgan fingerprint density at radius 3 is 2.48 bits per heavy atom. The molecule has 2 N–H and O–H groups in total. The standard InChI is InChI=1S/C17H22F2N4O.HI/c1-17(2,3)14-9-21-15(24-14)10-23-16(20-4)22-8-11-7-12(18)5-6-13(11)19;/h5-7,9H,8,10H2,1-4H3,(H2,20,22,23);1H. The Hall–Kier alpha value is -1.71. The lowest BCUT2D eigenvalue weighted by molar-refractivity contribution is 0.379. The fourth-order valence-corrected chi connectivity index (χ4v) is 1.98. The number of hydrogen-bond donors (Lipinski definition) is 2. The first-order valence-corrected chi connectivity index (χ1v) is 7.63. The van der Waals surface area contributed by atoms with E-state index in [4.69, 9.17) is 4.42 Å². The van der Waals surface area contributed by atoms with E-state index in [-0.39, 0.29) is 41.5 Å². The van der Waals surface area contributed by atoms with Gasteiger partial charge in [0.2, 0.25) is 5.89 Å². The van der Waals surface area contributed by atoms with E-state index in [1.807, 2.05) is 20.8 Å². The van der Waals surface area contributed by atoms with Crippen molar-refractivity contribution in [3.63, 3.8) is 0 Å². The third-order valence-electron chi connectivity index (χ3n) is 3.38. The van der Waals surface area contributed by atoms with E-state index in [9.17, 15) is 8.78 Å². The first-order chi connectivity index (χ1) is 11.3. The monoisotopic (exact) mass is 464 g/mol. The molecule has 0 amide bonds. The zero-order valence-corrected chi connectivity index (χ0v) is 17.0. The van der Waals surface area contributed by atoms with Gasteiger partial charge < -0.3 is 15.1 Å². The van der Waals surface area contributed by atoms with Crippen molar-refractivity contribution < 1.29 is 13.2 Å². The van der Waals surface area contributed by atoms with E-state index in [1.54, 1.807) is 13.2 Å². The normalized spacial score (nSPS) is 11.8. The summed E-state index contributed by atoms with van der Waals surface area (Å²) in [7, 11) is 1.59. The number of oxazole rings is 1. The van der Waals surface area contributed by atoms with E-state index in [0.29, 0.717) is 18.4 Å². The summed E-state index contributed by atoms with van der Waals surface area (Å²) >= 11 is 0. The fourth-order valence-electron chi connectivity index (χ4n) is 1.98. The van der Waals surface area contributed by atoms with Crippen LogP contribution < -0.4 is 10.6 Å². The number of benzene rings is 1. The van der Waals surface area contributed by atoms with Gasteiger partial charge in [-0.1, -0.05) is 20.8 Å². The minimum Gasteiger partial charge on any atom is -0.443 e. The second-order valence-electron chi connectivity index (χ2n) is 6.38. The summed E-state index contributed by atoms with van der Waals surface area (Å²) in [5.41, 5.74) is 0.115. The van der Waals surface area contributed by atoms with Crippen molar-refractivity contribution in [2.45, 2.75) is 39.3 Å². The molecule has 0 saturated carbocycles. The second kappa shape index (κ2) is 9.12. The largest absolute Gasteiger partial charge is 0.443 e. The van der Waals surface area contributed by atoms with E-state index in [2.05, 4.69) is 20.6 Å². The van der Waals surface area contributed by atoms with Crippen molar-refractivity contribution >= 4 is 29.9 Å². The van der Waals surface area contributed by atoms with Crippen molar-refractivity contribution in [1.29, 1.82) is 0 Å². The molecular formula is C17H23F2IN4O. The third-order valence-corrected chi connectivity index (χ3v) is 3.38. The van der Waals surface area contributed by atoms with Gasteiger partial charge in [-0.3, -0.25) is 4.99 Å². The van der Waals surface area contributed by atoms with Gasteiger partial charge in [0.1, 0.15) is 17.4 Å². The van der Waals surface area contributed by atoms with E-state index >= 15 is 0 Å². The van der Waals surface area contributed by atoms with Crippen LogP contribution in [0.5, 0.6) is 0 Å². The van der Waals surface area contributed by atoms with Crippen LogP contribution in [0.4, 0.5) is 8.78 Å². The van der Waals surface area contributed by atoms with Crippen LogP contribution in [0.3, 0.4) is 0 Å². The van der Waals surface area contributed by atoms with Crippen LogP contribution in [0.1, 0.15) is 38.0 Å². The van der Waals surface area contributed by atoms with Crippen molar-refractivity contribution in [3.8, 4) is 0 Å². The smallest absolute Gasteiger partial charge is 0.213 e. The van der Waals surface area contributed by atoms with Gasteiger partial charge in [-0.2, -0.15) is 0 Å². The molecule has 0 atom stereocenters. The topological polar surface area (TPSA) is 62.5 Å². The maximum atomic E-state index is 13.6. The van der Waals surface area contributed by atoms with E-state index in [0.717, 1.165) is 24.0 Å². The van der Waals surface area contributed by atoms with Gasteiger partial charge in [0.25, 0.3) is 0 Å². The number of hydrogen-bond acceptors (Lipinski definition) is 3. The summed E-state index contributed by atoms with van der Waals surface area (Å²) in [4.78, 5) is 8.25. The average Bonchev–Trinajstić information content (AvgIpc) is 3.00. The van der Waals surface area contributed by atoms with Gasteiger partial charge in [-0.05, 0) is 18.2 Å². The van der Waals surface area contributed by atoms with Crippen LogP contribution in [0.2, 0.25) is 0 Å². The lowest BCUT2D eigenvalue weighted by Crippen LogP contribution is -2.36. The number of nitrogens with one attached hydrogen (secondary N) is 2. The molecule has 2 aromatic rings. The summed E-state index contributed by atoms with van der Waals surface area (Å²) < 4.78 is 32.4. The quantitative estimate of drug-likeness (QED) is 0.412. The average molecular weight is 464 g/mol. The highest BCUT2D eigenvalue weighted by Gasteiger charge is 2.19. The summed E-state index contributed by atoms with van der Waals surface area (Å²) in [6.45, 7) is 6.57. The van der Waals surface area contributed by atoms with Gasteiger partial charge in [0.15, 0.2) is 5.96 Å². The van der Waals surface area contributed by atoms with Gasteiger partial charge in [-0.15, -0.1) is 24.0 Å². The van der Waals surface area contributed by atoms with Gasteiger partial charge in [-0.25, -0.2) is 13.8 Å². The van der Waals surface area contributed by atoms with Gasteiger partial charge >= 0.3 is 0 Å². The summed E-state index contributed by atoms with van der Waals surface area (Å²) in [6.07, 6.45) is 1.70. The van der Waals surface area contributed by atoms with Crippen LogP contribution in [-0.2, 0) is 18.5 Å². The molecule has 1 aromatic carbocycles. The number of guanidine groups is 1. The molecule has 0 unspecified atom stereocenters. The molecule has 0 aliphatic rings. The molecule has 2 rings (SSSR count). The Balaban J connectivity index is 0.00000312. The summed E-state index contributed by atoms with van der Waals surface area (Å²) in [5.74, 6) is 0.811. The van der Waals surface area contributed by atoms with E-state index < -0.39 is 11.6 Å². The predicted octanol–water partition coefficient (Wildman–Crippen LogP) is 3.73. The van der Waals surface area contributed by atoms with E-state index in [1.165, 1.54) is 0 Å². The molecule has 0 bridgehead atoms. The summed E-state index contributed by atoms with van der Waals surface area (Å²) in [6, 6.07) is 3.34. The highest BCUT2D eigenvalue weighted by atomic mass is 127. The SMILES string of the molecule is CN=C(NCc1ncc(C(C)(C)C)o1)NCc1cc(F)ccc1F.I. The molecule has 0 aliphatic carbocycles. The molecule has 1 heterocycles. The fraction of sp³-hybridized carbons (Fsp3) is 0.412. The first-order valence-electron chi connectivity index (χ1n) is 7.63. The molecule has 0 aliphatic heterocycles. The number of nitrogens with zero attached hydrogens (tertiary/aromatic N) is 2. The Morgan fingerprint density at radius 1 is 1.20 bits per heavy atom. The minimum absolute atomic E-state index is 0. The molecule has 138 valence electrons. The number of aromatic nitrogens is 1. The molecule has 0 radical (unpaired) electrons. The maximum Gasteiger partial charge on any atom is 0.213 e. The first kappa shape index (κ1) is 21.3. The van der Waals surface area contributed by atoms with Crippen LogP contribution in [0.25, 0.3) is 0 Å². The minimum atomic E-state index is -0.481. The highest BCUT2D eigenvalue weighted by Crippen LogP contribution is 2.22. The third kappa shape index (κ3) is 6.26. The van der Waals surface area contributed by atoms with Crippen LogP contribution >= 0.6 is 24.0 Å². The second-order valence-corrected chi connectivity index (χ2v) is 6.38. The lowest BCUT2D eigenvalue weighted by Gasteiger charge is -2.13. The lowest BCUT2D eigenvalue weighted by atomic mass is 9.94. The Bertz CT molecular complexity index is 726. The van der Waals surface area contributed by atoms with Crippen LogP contribution in [0, 0.1) is 11.6 Å². The van der Waals surface area contributed by atoms with Crippen molar-refractivity contribution in [1.82, 2.24) is 15.6 Å². The highest BCUT2D eigenvalue weighted by molar-refractivity contribution is 14.0. The van der Waals surface area contributed by atoms with Gasteiger partial charge in [0, 0.05) is 24.6 Å². The molecule has 0 fully saturated rings. The Morgan fingerprint density at radius 2 is 1.88 bits per heavy atom. The number of halogens is 3. The molecule has 0 spiro atoms. The molecule has 0 saturated heterocycles. The zero-order valence-electron chi connectivity index (χ0n) is 14.7. The molecule has 25 heavy (non-hydrogen) atoms. The van der Waals surface area contributed by atoms with Crippen molar-refractivity contribution in [2.75, 3.05) is 7.05 Å². The molecule has 8 heteroatoms. The zero-order chi connectivity index (χ0) is 17.7. The Kier molecular flexibility index (Phi) is 7.78. The van der Waals surface area contributed by atoms with Crippen LogP contribution in [0.15, 0.2) is 33.8 Å². The number of rotatable bonds is 4. The molecule has 5 nitrogen and oxygen atoms in total. The summed E-state index contributed by atoms with van der Waals surface area (Å²) in [5, 5.41) is 5.95. The van der Waals surface area contributed by atoms with Gasteiger partial charge in [0.05, 0.1) is 12.7 Å². The molecular weight excluding hydrogens is 441 g/mol. The maximum absolute atomic E-state index is 13.6. The Labute approximate surface area is 163 Å². The molecule has 1 aromatic heterocycles. The predicted molar refractivity (Wildman–Crippen MR) is 104 cm³/mol. The van der Waals surface area contributed by atoms with Crippen molar-refractivity contribution in [3.05, 3.63) is 53.2 Å².